The van der Waals surface area contributed by atoms with Crippen molar-refractivity contribution < 1.29 is 68.9 Å². The Morgan fingerprint density at radius 2 is 0.826 bits per heavy atom. The van der Waals surface area contributed by atoms with E-state index in [2.05, 4.69) is 9.47 Å². The Morgan fingerprint density at radius 3 is 1.09 bits per heavy atom. The molecule has 0 fully saturated rings. The molecule has 0 unspecified atom stereocenters. The fraction of sp³-hybridized carbons (Fsp3) is 0.438. The van der Waals surface area contributed by atoms with Crippen LogP contribution in [0.3, 0.4) is 0 Å². The number of hydrogen-bond acceptors (Lipinski definition) is 10. The number of unbranched alkanes of at least 4 members (excludes halogenated alkanes) is 6. The van der Waals surface area contributed by atoms with E-state index >= 15 is 0 Å². The van der Waals surface area contributed by atoms with Crippen LogP contribution in [0.5, 0.6) is 0 Å². The topological polar surface area (TPSA) is 242 Å². The van der Waals surface area contributed by atoms with Gasteiger partial charge >= 0.3 is 35.8 Å². The van der Waals surface area contributed by atoms with Gasteiger partial charge in [0.05, 0.1) is 36.5 Å². The van der Waals surface area contributed by atoms with Crippen LogP contribution >= 0.6 is 0 Å². The van der Waals surface area contributed by atoms with Crippen molar-refractivity contribution in [2.75, 3.05) is 27.4 Å². The molecule has 2 aromatic carbocycles. The number of aliphatic carboxylic acids is 2. The summed E-state index contributed by atoms with van der Waals surface area (Å²) < 4.78 is 9.02. The smallest absolute Gasteiger partial charge is 0.337 e. The third-order valence-corrected chi connectivity index (χ3v) is 5.68. The van der Waals surface area contributed by atoms with Crippen molar-refractivity contribution in [1.82, 2.24) is 0 Å². The lowest BCUT2D eigenvalue weighted by molar-refractivity contribution is -0.138. The van der Waals surface area contributed by atoms with Crippen LogP contribution in [-0.2, 0) is 19.1 Å². The second-order valence-electron chi connectivity index (χ2n) is 9.31. The molecule has 2 aromatic rings. The van der Waals surface area contributed by atoms with E-state index in [4.69, 9.17) is 30.6 Å². The molecule has 0 heterocycles. The molecular formula is C32H44O14. The Kier molecular flexibility index (Phi) is 26.1. The molecule has 0 aliphatic heterocycles. The summed E-state index contributed by atoms with van der Waals surface area (Å²) >= 11 is 0. The molecule has 14 nitrogen and oxygen atoms in total. The van der Waals surface area contributed by atoms with Crippen LogP contribution in [0.15, 0.2) is 48.5 Å². The Hall–Kier alpha value is -4.82. The molecule has 2 rings (SSSR count). The van der Waals surface area contributed by atoms with Crippen LogP contribution in [-0.4, -0.2) is 93.9 Å². The standard InChI is InChI=1S/C10H10O4.C10H18O4.C8H6O4.C4H10O2/c1-13-9(11)7-3-5-8(6-4-7)10(12)14-2;11-9(12)7-5-3-1-2-4-6-8-10(13)14;9-7(10)5-2-1-3-6(4-5)8(11)12;5-3-1-2-4-6/h3-6H,1-2H3;1-8H2,(H,11,12)(H,13,14);1-4H,(H,9,10)(H,11,12);5-6H,1-4H2. The zero-order valence-electron chi connectivity index (χ0n) is 26.1. The van der Waals surface area contributed by atoms with Gasteiger partial charge in [-0.2, -0.15) is 0 Å². The Bertz CT molecular complexity index is 1100. The van der Waals surface area contributed by atoms with Gasteiger partial charge in [0.1, 0.15) is 0 Å². The highest BCUT2D eigenvalue weighted by atomic mass is 16.5. The van der Waals surface area contributed by atoms with Gasteiger partial charge in [-0.1, -0.05) is 31.7 Å². The van der Waals surface area contributed by atoms with Crippen molar-refractivity contribution in [3.8, 4) is 0 Å². The first kappa shape index (κ1) is 43.3. The maximum atomic E-state index is 11.0. The lowest BCUT2D eigenvalue weighted by Crippen LogP contribution is -2.04. The van der Waals surface area contributed by atoms with Gasteiger partial charge in [0, 0.05) is 26.1 Å². The quantitative estimate of drug-likeness (QED) is 0.109. The highest BCUT2D eigenvalue weighted by Crippen LogP contribution is 2.09. The average Bonchev–Trinajstić information content (AvgIpc) is 3.05. The number of aromatic carboxylic acids is 2. The van der Waals surface area contributed by atoms with Gasteiger partial charge < -0.3 is 40.1 Å². The Labute approximate surface area is 267 Å². The molecule has 0 saturated heterocycles. The zero-order valence-corrected chi connectivity index (χ0v) is 26.1. The molecule has 0 aliphatic carbocycles. The van der Waals surface area contributed by atoms with Crippen molar-refractivity contribution in [2.24, 2.45) is 0 Å². The zero-order chi connectivity index (χ0) is 35.3. The van der Waals surface area contributed by atoms with Crippen LogP contribution in [0.25, 0.3) is 0 Å². The summed E-state index contributed by atoms with van der Waals surface area (Å²) in [5.74, 6) is -4.59. The molecule has 0 atom stereocenters. The van der Waals surface area contributed by atoms with E-state index in [0.29, 0.717) is 11.1 Å². The van der Waals surface area contributed by atoms with E-state index in [-0.39, 0.29) is 37.2 Å². The number of carboxylic acids is 4. The van der Waals surface area contributed by atoms with Crippen molar-refractivity contribution in [1.29, 1.82) is 0 Å². The first-order valence-electron chi connectivity index (χ1n) is 14.3. The fourth-order valence-corrected chi connectivity index (χ4v) is 3.25. The number of benzene rings is 2. The second kappa shape index (κ2) is 27.7. The predicted octanol–water partition coefficient (Wildman–Crippen LogP) is 4.37. The molecule has 0 aromatic heterocycles. The maximum absolute atomic E-state index is 11.0. The van der Waals surface area contributed by atoms with Crippen molar-refractivity contribution in [3.63, 3.8) is 0 Å². The number of hydrogen-bond donors (Lipinski definition) is 6. The van der Waals surface area contributed by atoms with Crippen molar-refractivity contribution in [3.05, 3.63) is 70.8 Å². The summed E-state index contributed by atoms with van der Waals surface area (Å²) in [5, 5.41) is 49.9. The number of aliphatic hydroxyl groups excluding tert-OH is 2. The van der Waals surface area contributed by atoms with Crippen LogP contribution in [0, 0.1) is 0 Å². The molecule has 256 valence electrons. The molecule has 46 heavy (non-hydrogen) atoms. The maximum Gasteiger partial charge on any atom is 0.337 e. The minimum Gasteiger partial charge on any atom is -0.481 e. The normalized spacial score (nSPS) is 9.48. The van der Waals surface area contributed by atoms with Gasteiger partial charge in [0.15, 0.2) is 0 Å². The summed E-state index contributed by atoms with van der Waals surface area (Å²) in [7, 11) is 2.60. The van der Waals surface area contributed by atoms with Gasteiger partial charge in [0.2, 0.25) is 0 Å². The molecule has 0 spiro atoms. The highest BCUT2D eigenvalue weighted by Gasteiger charge is 2.08. The number of carbonyl (C=O) groups is 6. The molecule has 0 aliphatic rings. The third kappa shape index (κ3) is 23.6. The van der Waals surface area contributed by atoms with E-state index in [0.717, 1.165) is 57.4 Å². The number of methoxy groups -OCH3 is 2. The van der Waals surface area contributed by atoms with Gasteiger partial charge in [-0.3, -0.25) is 9.59 Å². The van der Waals surface area contributed by atoms with Gasteiger partial charge in [0.25, 0.3) is 0 Å². The number of rotatable bonds is 16. The van der Waals surface area contributed by atoms with Crippen LogP contribution in [0.1, 0.15) is 106 Å². The van der Waals surface area contributed by atoms with Gasteiger partial charge in [-0.25, -0.2) is 19.2 Å². The SMILES string of the molecule is COC(=O)c1ccc(C(=O)OC)cc1.O=C(O)CCCCCCCCC(=O)O.O=C(O)c1cccc(C(=O)O)c1.OCCCCO. The lowest BCUT2D eigenvalue weighted by Gasteiger charge is -2.00. The van der Waals surface area contributed by atoms with E-state index in [9.17, 15) is 28.8 Å². The minimum atomic E-state index is -1.13. The minimum absolute atomic E-state index is 0.0186. The Balaban J connectivity index is 0. The summed E-state index contributed by atoms with van der Waals surface area (Å²) in [6.07, 6.45) is 7.26. The summed E-state index contributed by atoms with van der Waals surface area (Å²) in [5.41, 5.74) is 0.769. The summed E-state index contributed by atoms with van der Waals surface area (Å²) in [6.45, 7) is 0.390. The van der Waals surface area contributed by atoms with E-state index in [1.807, 2.05) is 0 Å². The highest BCUT2D eigenvalue weighted by molar-refractivity contribution is 5.94. The van der Waals surface area contributed by atoms with Crippen LogP contribution in [0.2, 0.25) is 0 Å². The second-order valence-corrected chi connectivity index (χ2v) is 9.31. The molecule has 6 N–H and O–H groups in total. The van der Waals surface area contributed by atoms with E-state index < -0.39 is 35.8 Å². The monoisotopic (exact) mass is 652 g/mol. The molecule has 0 bridgehead atoms. The molecular weight excluding hydrogens is 608 g/mol. The number of carboxylic acid groups (broad SMARTS) is 4. The average molecular weight is 653 g/mol. The molecule has 0 saturated carbocycles. The number of esters is 2. The molecule has 0 radical (unpaired) electrons. The van der Waals surface area contributed by atoms with Gasteiger partial charge in [-0.05, 0) is 68.1 Å². The van der Waals surface area contributed by atoms with Crippen molar-refractivity contribution in [2.45, 2.75) is 64.2 Å². The fourth-order valence-electron chi connectivity index (χ4n) is 3.25. The Morgan fingerprint density at radius 1 is 0.500 bits per heavy atom. The van der Waals surface area contributed by atoms with E-state index in [1.54, 1.807) is 0 Å². The first-order chi connectivity index (χ1) is 21.8. The largest absolute Gasteiger partial charge is 0.481 e. The van der Waals surface area contributed by atoms with Gasteiger partial charge in [-0.15, -0.1) is 0 Å². The number of carbonyl (C=O) groups excluding carboxylic acids is 2. The third-order valence-electron chi connectivity index (χ3n) is 5.68. The number of aliphatic hydroxyl groups is 2. The lowest BCUT2D eigenvalue weighted by atomic mass is 10.1. The molecule has 0 amide bonds. The van der Waals surface area contributed by atoms with Crippen molar-refractivity contribution >= 4 is 35.8 Å². The first-order valence-corrected chi connectivity index (χ1v) is 14.3. The number of ether oxygens (including phenoxy) is 2. The molecule has 14 heteroatoms. The van der Waals surface area contributed by atoms with E-state index in [1.165, 1.54) is 56.7 Å². The van der Waals surface area contributed by atoms with Crippen LogP contribution < -0.4 is 0 Å². The summed E-state index contributed by atoms with van der Waals surface area (Å²) in [6, 6.07) is 11.2. The summed E-state index contributed by atoms with van der Waals surface area (Å²) in [4.78, 5) is 63.1. The predicted molar refractivity (Wildman–Crippen MR) is 165 cm³/mol. The van der Waals surface area contributed by atoms with Crippen LogP contribution in [0.4, 0.5) is 0 Å².